The van der Waals surface area contributed by atoms with Crippen molar-refractivity contribution in [1.82, 2.24) is 5.32 Å². The summed E-state index contributed by atoms with van der Waals surface area (Å²) in [6.07, 6.45) is 3.11. The predicted molar refractivity (Wildman–Crippen MR) is 55.7 cm³/mol. The highest BCUT2D eigenvalue weighted by Gasteiger charge is 2.27. The van der Waals surface area contributed by atoms with Crippen LogP contribution in [-0.4, -0.2) is 23.8 Å². The van der Waals surface area contributed by atoms with Crippen LogP contribution >= 0.6 is 0 Å². The van der Waals surface area contributed by atoms with E-state index in [0.29, 0.717) is 11.8 Å². The van der Waals surface area contributed by atoms with Crippen molar-refractivity contribution in [3.63, 3.8) is 0 Å². The van der Waals surface area contributed by atoms with E-state index < -0.39 is 5.60 Å². The zero-order valence-electron chi connectivity index (χ0n) is 9.14. The van der Waals surface area contributed by atoms with Crippen molar-refractivity contribution in [2.45, 2.75) is 45.6 Å². The number of nitrogens with one attached hydrogen (secondary N) is 1. The molecule has 13 heavy (non-hydrogen) atoms. The van der Waals surface area contributed by atoms with Crippen LogP contribution in [-0.2, 0) is 0 Å². The molecule has 0 aliphatic carbocycles. The Balaban J connectivity index is 2.31. The van der Waals surface area contributed by atoms with Crippen LogP contribution in [0.15, 0.2) is 0 Å². The fraction of sp³-hybridized carbons (Fsp3) is 1.00. The van der Waals surface area contributed by atoms with Gasteiger partial charge in [-0.25, -0.2) is 0 Å². The normalized spacial score (nSPS) is 27.9. The summed E-state index contributed by atoms with van der Waals surface area (Å²) in [5.41, 5.74) is -0.454. The Labute approximate surface area is 81.7 Å². The van der Waals surface area contributed by atoms with E-state index in [1.807, 2.05) is 6.92 Å². The molecule has 2 unspecified atom stereocenters. The van der Waals surface area contributed by atoms with E-state index in [4.69, 9.17) is 0 Å². The molecule has 0 saturated carbocycles. The molecule has 0 spiro atoms. The van der Waals surface area contributed by atoms with E-state index in [2.05, 4.69) is 19.2 Å². The molecule has 0 aromatic carbocycles. The Morgan fingerprint density at radius 2 is 2.23 bits per heavy atom. The van der Waals surface area contributed by atoms with Crippen molar-refractivity contribution in [3.8, 4) is 0 Å². The van der Waals surface area contributed by atoms with E-state index in [9.17, 15) is 5.11 Å². The summed E-state index contributed by atoms with van der Waals surface area (Å²) >= 11 is 0. The number of hydrogen-bond donors (Lipinski definition) is 2. The van der Waals surface area contributed by atoms with Gasteiger partial charge in [0, 0.05) is 0 Å². The first-order valence-corrected chi connectivity index (χ1v) is 5.43. The van der Waals surface area contributed by atoms with E-state index in [1.54, 1.807) is 0 Å². The molecule has 2 heteroatoms. The average molecular weight is 185 g/mol. The summed E-state index contributed by atoms with van der Waals surface area (Å²) in [6, 6.07) is 0. The predicted octanol–water partition coefficient (Wildman–Crippen LogP) is 1.78. The number of aliphatic hydroxyl groups is 1. The molecule has 2 nitrogen and oxygen atoms in total. The summed E-state index contributed by atoms with van der Waals surface area (Å²) in [5.74, 6) is 1.28. The molecule has 1 aliphatic heterocycles. The summed E-state index contributed by atoms with van der Waals surface area (Å²) in [5, 5.41) is 13.5. The lowest BCUT2D eigenvalue weighted by molar-refractivity contribution is 0.0166. The molecule has 1 rings (SSSR count). The van der Waals surface area contributed by atoms with E-state index >= 15 is 0 Å². The molecule has 1 heterocycles. The summed E-state index contributed by atoms with van der Waals surface area (Å²) < 4.78 is 0. The summed E-state index contributed by atoms with van der Waals surface area (Å²) in [4.78, 5) is 0. The zero-order chi connectivity index (χ0) is 9.90. The zero-order valence-corrected chi connectivity index (χ0v) is 9.14. The van der Waals surface area contributed by atoms with Gasteiger partial charge in [-0.2, -0.15) is 0 Å². The number of hydrogen-bond acceptors (Lipinski definition) is 2. The Morgan fingerprint density at radius 3 is 2.69 bits per heavy atom. The Hall–Kier alpha value is -0.0800. The first kappa shape index (κ1) is 11.0. The second-order valence-electron chi connectivity index (χ2n) is 5.16. The fourth-order valence-electron chi connectivity index (χ4n) is 2.47. The highest BCUT2D eigenvalue weighted by atomic mass is 16.3. The maximum atomic E-state index is 10.1. The molecule has 0 amide bonds. The Morgan fingerprint density at radius 1 is 1.54 bits per heavy atom. The summed E-state index contributed by atoms with van der Waals surface area (Å²) in [7, 11) is 0. The van der Waals surface area contributed by atoms with Crippen molar-refractivity contribution < 1.29 is 5.11 Å². The molecule has 0 bridgehead atoms. The van der Waals surface area contributed by atoms with Crippen molar-refractivity contribution in [2.24, 2.45) is 11.8 Å². The molecule has 0 radical (unpaired) electrons. The Bertz CT molecular complexity index is 148. The maximum absolute atomic E-state index is 10.1. The Kier molecular flexibility index (Phi) is 3.74. The third-order valence-corrected chi connectivity index (χ3v) is 2.74. The third kappa shape index (κ3) is 4.10. The SMILES string of the molecule is CC(C)CC(C)(O)CC1CCNC1. The minimum Gasteiger partial charge on any atom is -0.390 e. The van der Waals surface area contributed by atoms with Crippen molar-refractivity contribution in [3.05, 3.63) is 0 Å². The molecular weight excluding hydrogens is 162 g/mol. The van der Waals surface area contributed by atoms with Crippen LogP contribution in [0, 0.1) is 11.8 Å². The first-order valence-electron chi connectivity index (χ1n) is 5.43. The lowest BCUT2D eigenvalue weighted by Crippen LogP contribution is -2.30. The van der Waals surface area contributed by atoms with E-state index in [-0.39, 0.29) is 0 Å². The quantitative estimate of drug-likeness (QED) is 0.700. The minimum atomic E-state index is -0.454. The van der Waals surface area contributed by atoms with Crippen molar-refractivity contribution >= 4 is 0 Å². The van der Waals surface area contributed by atoms with Gasteiger partial charge in [-0.15, -0.1) is 0 Å². The van der Waals surface area contributed by atoms with Gasteiger partial charge in [0.15, 0.2) is 0 Å². The van der Waals surface area contributed by atoms with Gasteiger partial charge in [0.1, 0.15) is 0 Å². The van der Waals surface area contributed by atoms with Crippen LogP contribution in [0.1, 0.15) is 40.0 Å². The van der Waals surface area contributed by atoms with Gasteiger partial charge in [0.05, 0.1) is 5.60 Å². The molecule has 2 N–H and O–H groups in total. The molecule has 0 aromatic rings. The first-order chi connectivity index (χ1) is 5.99. The van der Waals surface area contributed by atoms with Gasteiger partial charge in [0.25, 0.3) is 0 Å². The molecular formula is C11H23NO. The second kappa shape index (κ2) is 4.43. The van der Waals surface area contributed by atoms with Gasteiger partial charge < -0.3 is 10.4 Å². The average Bonchev–Trinajstić information content (AvgIpc) is 2.34. The highest BCUT2D eigenvalue weighted by molar-refractivity contribution is 4.82. The lowest BCUT2D eigenvalue weighted by Gasteiger charge is -2.27. The van der Waals surface area contributed by atoms with Crippen LogP contribution in [0.3, 0.4) is 0 Å². The highest BCUT2D eigenvalue weighted by Crippen LogP contribution is 2.26. The van der Waals surface area contributed by atoms with Gasteiger partial charge in [-0.1, -0.05) is 13.8 Å². The van der Waals surface area contributed by atoms with Gasteiger partial charge >= 0.3 is 0 Å². The molecule has 2 atom stereocenters. The second-order valence-corrected chi connectivity index (χ2v) is 5.16. The smallest absolute Gasteiger partial charge is 0.0625 e. The van der Waals surface area contributed by atoms with Crippen LogP contribution in [0.2, 0.25) is 0 Å². The summed E-state index contributed by atoms with van der Waals surface area (Å²) in [6.45, 7) is 8.53. The van der Waals surface area contributed by atoms with Crippen LogP contribution in [0.4, 0.5) is 0 Å². The van der Waals surface area contributed by atoms with E-state index in [1.165, 1.54) is 6.42 Å². The van der Waals surface area contributed by atoms with Gasteiger partial charge in [-0.3, -0.25) is 0 Å². The van der Waals surface area contributed by atoms with E-state index in [0.717, 1.165) is 25.9 Å². The van der Waals surface area contributed by atoms with Gasteiger partial charge in [-0.05, 0) is 51.1 Å². The molecule has 1 fully saturated rings. The maximum Gasteiger partial charge on any atom is 0.0625 e. The van der Waals surface area contributed by atoms with Crippen molar-refractivity contribution in [1.29, 1.82) is 0 Å². The third-order valence-electron chi connectivity index (χ3n) is 2.74. The van der Waals surface area contributed by atoms with Crippen LogP contribution in [0.5, 0.6) is 0 Å². The fourth-order valence-corrected chi connectivity index (χ4v) is 2.47. The van der Waals surface area contributed by atoms with Gasteiger partial charge in [0.2, 0.25) is 0 Å². The monoisotopic (exact) mass is 185 g/mol. The van der Waals surface area contributed by atoms with Crippen molar-refractivity contribution in [2.75, 3.05) is 13.1 Å². The minimum absolute atomic E-state index is 0.454. The largest absolute Gasteiger partial charge is 0.390 e. The van der Waals surface area contributed by atoms with Crippen LogP contribution in [0.25, 0.3) is 0 Å². The molecule has 1 aliphatic rings. The molecule has 1 saturated heterocycles. The topological polar surface area (TPSA) is 32.3 Å². The number of rotatable bonds is 4. The molecule has 0 aromatic heterocycles. The standard InChI is InChI=1S/C11H23NO/c1-9(2)6-11(3,13)7-10-4-5-12-8-10/h9-10,12-13H,4-8H2,1-3H3. The lowest BCUT2D eigenvalue weighted by atomic mass is 9.85. The van der Waals surface area contributed by atoms with Crippen LogP contribution < -0.4 is 5.32 Å². The molecule has 78 valence electrons.